The lowest BCUT2D eigenvalue weighted by atomic mass is 9.92. The Bertz CT molecular complexity index is 540. The number of rotatable bonds is 4. The largest absolute Gasteiger partial charge is 0.387 e. The Morgan fingerprint density at radius 3 is 2.55 bits per heavy atom. The lowest BCUT2D eigenvalue weighted by molar-refractivity contribution is -0.0662. The number of hydrogen-bond acceptors (Lipinski definition) is 4. The minimum absolute atomic E-state index is 0.0720. The van der Waals surface area contributed by atoms with E-state index < -0.39 is 11.4 Å². The Hall–Kier alpha value is -1.66. The molecule has 6 heteroatoms. The summed E-state index contributed by atoms with van der Waals surface area (Å²) in [4.78, 5) is 15.8. The van der Waals surface area contributed by atoms with Crippen LogP contribution in [0.5, 0.6) is 0 Å². The maximum atomic E-state index is 14.1. The summed E-state index contributed by atoms with van der Waals surface area (Å²) in [6, 6.07) is 4.60. The monoisotopic (exact) mass is 310 g/mol. The molecule has 1 amide bonds. The highest BCUT2D eigenvalue weighted by Crippen LogP contribution is 2.25. The molecule has 0 unspecified atom stereocenters. The first-order valence-corrected chi connectivity index (χ1v) is 7.34. The SMILES string of the molecule is COCC1(O)CCN(C(=O)c2ccc(N(C)C)cc2F)CC1. The van der Waals surface area contributed by atoms with Gasteiger partial charge in [-0.25, -0.2) is 4.39 Å². The molecule has 1 aliphatic rings. The van der Waals surface area contributed by atoms with Crippen LogP contribution in [0.4, 0.5) is 10.1 Å². The molecule has 2 rings (SSSR count). The van der Waals surface area contributed by atoms with Gasteiger partial charge in [0.1, 0.15) is 5.82 Å². The Morgan fingerprint density at radius 1 is 1.41 bits per heavy atom. The van der Waals surface area contributed by atoms with Gasteiger partial charge in [0.2, 0.25) is 0 Å². The van der Waals surface area contributed by atoms with Crippen LogP contribution in [0.15, 0.2) is 18.2 Å². The fourth-order valence-corrected chi connectivity index (χ4v) is 2.67. The molecule has 122 valence electrons. The molecule has 1 heterocycles. The number of methoxy groups -OCH3 is 1. The Balaban J connectivity index is 2.07. The van der Waals surface area contributed by atoms with E-state index in [1.54, 1.807) is 15.9 Å². The van der Waals surface area contributed by atoms with Crippen LogP contribution in [0.3, 0.4) is 0 Å². The van der Waals surface area contributed by atoms with Gasteiger partial charge in [-0.05, 0) is 31.0 Å². The molecule has 1 N–H and O–H groups in total. The third-order valence-electron chi connectivity index (χ3n) is 4.09. The third-order valence-corrected chi connectivity index (χ3v) is 4.09. The number of amides is 1. The molecule has 1 aromatic rings. The van der Waals surface area contributed by atoms with Gasteiger partial charge in [-0.3, -0.25) is 4.79 Å². The minimum Gasteiger partial charge on any atom is -0.387 e. The van der Waals surface area contributed by atoms with Crippen LogP contribution < -0.4 is 4.90 Å². The molecular formula is C16H23FN2O3. The van der Waals surface area contributed by atoms with E-state index in [1.165, 1.54) is 19.2 Å². The van der Waals surface area contributed by atoms with Crippen molar-refractivity contribution in [3.05, 3.63) is 29.6 Å². The molecule has 1 aliphatic heterocycles. The number of carbonyl (C=O) groups is 1. The van der Waals surface area contributed by atoms with Crippen molar-refractivity contribution in [1.82, 2.24) is 4.90 Å². The summed E-state index contributed by atoms with van der Waals surface area (Å²) in [5.74, 6) is -0.851. The fourth-order valence-electron chi connectivity index (χ4n) is 2.67. The van der Waals surface area contributed by atoms with Crippen molar-refractivity contribution in [3.63, 3.8) is 0 Å². The van der Waals surface area contributed by atoms with E-state index in [4.69, 9.17) is 4.74 Å². The van der Waals surface area contributed by atoms with Crippen molar-refractivity contribution in [2.75, 3.05) is 45.8 Å². The second kappa shape index (κ2) is 6.62. The smallest absolute Gasteiger partial charge is 0.256 e. The molecule has 1 fully saturated rings. The van der Waals surface area contributed by atoms with Crippen molar-refractivity contribution in [2.45, 2.75) is 18.4 Å². The maximum absolute atomic E-state index is 14.1. The number of carbonyl (C=O) groups excluding carboxylic acids is 1. The van der Waals surface area contributed by atoms with Crippen molar-refractivity contribution in [3.8, 4) is 0 Å². The van der Waals surface area contributed by atoms with Crippen molar-refractivity contribution in [1.29, 1.82) is 0 Å². The van der Waals surface area contributed by atoms with E-state index in [1.807, 2.05) is 14.1 Å². The van der Waals surface area contributed by atoms with Gasteiger partial charge in [-0.1, -0.05) is 0 Å². The van der Waals surface area contributed by atoms with Crippen LogP contribution in [0, 0.1) is 5.82 Å². The Morgan fingerprint density at radius 2 is 2.05 bits per heavy atom. The fraction of sp³-hybridized carbons (Fsp3) is 0.562. The molecule has 0 bridgehead atoms. The first-order chi connectivity index (χ1) is 10.4. The molecular weight excluding hydrogens is 287 g/mol. The lowest BCUT2D eigenvalue weighted by Gasteiger charge is -2.37. The summed E-state index contributed by atoms with van der Waals surface area (Å²) >= 11 is 0. The summed E-state index contributed by atoms with van der Waals surface area (Å²) in [6.07, 6.45) is 0.869. The average Bonchev–Trinajstić information content (AvgIpc) is 2.47. The second-order valence-electron chi connectivity index (χ2n) is 6.01. The number of likely N-dealkylation sites (tertiary alicyclic amines) is 1. The lowest BCUT2D eigenvalue weighted by Crippen LogP contribution is -2.49. The zero-order chi connectivity index (χ0) is 16.3. The topological polar surface area (TPSA) is 53.0 Å². The molecule has 0 atom stereocenters. The van der Waals surface area contributed by atoms with Gasteiger partial charge < -0.3 is 19.6 Å². The van der Waals surface area contributed by atoms with Crippen LogP contribution in [-0.4, -0.2) is 62.4 Å². The van der Waals surface area contributed by atoms with Gasteiger partial charge in [-0.2, -0.15) is 0 Å². The highest BCUT2D eigenvalue weighted by atomic mass is 19.1. The summed E-state index contributed by atoms with van der Waals surface area (Å²) in [5.41, 5.74) is -0.108. The summed E-state index contributed by atoms with van der Waals surface area (Å²) < 4.78 is 19.1. The van der Waals surface area contributed by atoms with Crippen LogP contribution in [0.1, 0.15) is 23.2 Å². The first-order valence-electron chi connectivity index (χ1n) is 7.34. The summed E-state index contributed by atoms with van der Waals surface area (Å²) in [7, 11) is 5.17. The van der Waals surface area contributed by atoms with E-state index in [0.29, 0.717) is 31.6 Å². The van der Waals surface area contributed by atoms with E-state index in [0.717, 1.165) is 0 Å². The minimum atomic E-state index is -0.890. The quantitative estimate of drug-likeness (QED) is 0.916. The van der Waals surface area contributed by atoms with Gasteiger partial charge in [-0.15, -0.1) is 0 Å². The standard InChI is InChI=1S/C16H23FN2O3/c1-18(2)12-4-5-13(14(17)10-12)15(20)19-8-6-16(21,7-9-19)11-22-3/h4-5,10,21H,6-9,11H2,1-3H3. The molecule has 0 spiro atoms. The van der Waals surface area contributed by atoms with Crippen LogP contribution in [0.2, 0.25) is 0 Å². The number of piperidine rings is 1. The molecule has 0 aromatic heterocycles. The number of aliphatic hydroxyl groups is 1. The molecule has 5 nitrogen and oxygen atoms in total. The normalized spacial score (nSPS) is 17.4. The van der Waals surface area contributed by atoms with Crippen LogP contribution >= 0.6 is 0 Å². The third kappa shape index (κ3) is 3.56. The number of nitrogens with zero attached hydrogens (tertiary/aromatic N) is 2. The van der Waals surface area contributed by atoms with Gasteiger partial charge >= 0.3 is 0 Å². The molecule has 22 heavy (non-hydrogen) atoms. The average molecular weight is 310 g/mol. The van der Waals surface area contributed by atoms with Gasteiger partial charge in [0.15, 0.2) is 0 Å². The Kier molecular flexibility index (Phi) is 5.03. The summed E-state index contributed by atoms with van der Waals surface area (Å²) in [5, 5.41) is 10.3. The van der Waals surface area contributed by atoms with E-state index in [2.05, 4.69) is 0 Å². The van der Waals surface area contributed by atoms with Crippen LogP contribution in [-0.2, 0) is 4.74 Å². The predicted molar refractivity (Wildman–Crippen MR) is 82.7 cm³/mol. The second-order valence-corrected chi connectivity index (χ2v) is 6.01. The number of benzene rings is 1. The number of ether oxygens (including phenoxy) is 1. The van der Waals surface area contributed by atoms with Crippen molar-refractivity contribution < 1.29 is 19.0 Å². The predicted octanol–water partition coefficient (Wildman–Crippen LogP) is 1.51. The molecule has 1 aromatic carbocycles. The van der Waals surface area contributed by atoms with E-state index in [9.17, 15) is 14.3 Å². The maximum Gasteiger partial charge on any atom is 0.256 e. The van der Waals surface area contributed by atoms with Gasteiger partial charge in [0, 0.05) is 40.0 Å². The zero-order valence-electron chi connectivity index (χ0n) is 13.3. The Labute approximate surface area is 130 Å². The van der Waals surface area contributed by atoms with Crippen molar-refractivity contribution in [2.24, 2.45) is 0 Å². The molecule has 0 aliphatic carbocycles. The highest BCUT2D eigenvalue weighted by molar-refractivity contribution is 5.95. The molecule has 0 saturated carbocycles. The number of halogens is 1. The van der Waals surface area contributed by atoms with Crippen LogP contribution in [0.25, 0.3) is 0 Å². The van der Waals surface area contributed by atoms with Gasteiger partial charge in [0.25, 0.3) is 5.91 Å². The van der Waals surface area contributed by atoms with E-state index in [-0.39, 0.29) is 18.1 Å². The van der Waals surface area contributed by atoms with Crippen molar-refractivity contribution >= 4 is 11.6 Å². The van der Waals surface area contributed by atoms with Gasteiger partial charge in [0.05, 0.1) is 17.8 Å². The number of hydrogen-bond donors (Lipinski definition) is 1. The number of anilines is 1. The zero-order valence-corrected chi connectivity index (χ0v) is 13.3. The summed E-state index contributed by atoms with van der Waals surface area (Å²) in [6.45, 7) is 1.04. The molecule has 0 radical (unpaired) electrons. The first kappa shape index (κ1) is 16.7. The molecule has 1 saturated heterocycles. The van der Waals surface area contributed by atoms with E-state index >= 15 is 0 Å². The highest BCUT2D eigenvalue weighted by Gasteiger charge is 2.34.